The SMILES string of the molecule is O=C(O)C1CCN(C(c2ccc(OCc3ccccc3)cc2)c2cccs2)CC1. The Kier molecular flexibility index (Phi) is 6.27. The molecule has 150 valence electrons. The molecule has 1 unspecified atom stereocenters. The molecule has 4 rings (SSSR count). The summed E-state index contributed by atoms with van der Waals surface area (Å²) in [5.41, 5.74) is 2.36. The first-order valence-electron chi connectivity index (χ1n) is 9.97. The number of nitrogens with zero attached hydrogens (tertiary/aromatic N) is 1. The Balaban J connectivity index is 1.47. The number of rotatable bonds is 7. The molecule has 0 amide bonds. The summed E-state index contributed by atoms with van der Waals surface area (Å²) in [4.78, 5) is 15.0. The van der Waals surface area contributed by atoms with Gasteiger partial charge in [0.25, 0.3) is 0 Å². The third-order valence-electron chi connectivity index (χ3n) is 5.50. The normalized spacial score (nSPS) is 16.4. The van der Waals surface area contributed by atoms with Crippen LogP contribution in [-0.4, -0.2) is 29.1 Å². The van der Waals surface area contributed by atoms with Crippen molar-refractivity contribution in [2.24, 2.45) is 5.92 Å². The summed E-state index contributed by atoms with van der Waals surface area (Å²) in [5.74, 6) is -0.0339. The Labute approximate surface area is 175 Å². The van der Waals surface area contributed by atoms with Crippen LogP contribution in [0.25, 0.3) is 0 Å². The number of likely N-dealkylation sites (tertiary alicyclic amines) is 1. The molecule has 0 saturated carbocycles. The maximum atomic E-state index is 11.3. The molecule has 29 heavy (non-hydrogen) atoms. The number of ether oxygens (including phenoxy) is 1. The number of benzene rings is 2. The first kappa shape index (κ1) is 19.7. The van der Waals surface area contributed by atoms with Crippen molar-refractivity contribution in [3.8, 4) is 5.75 Å². The van der Waals surface area contributed by atoms with Crippen molar-refractivity contribution in [1.82, 2.24) is 4.90 Å². The van der Waals surface area contributed by atoms with Gasteiger partial charge in [-0.05, 0) is 60.6 Å². The summed E-state index contributed by atoms with van der Waals surface area (Å²) >= 11 is 1.75. The fraction of sp³-hybridized carbons (Fsp3) is 0.292. The highest BCUT2D eigenvalue weighted by molar-refractivity contribution is 7.10. The molecule has 3 aromatic rings. The molecular weight excluding hydrogens is 382 g/mol. The molecule has 1 aromatic heterocycles. The molecule has 1 N–H and O–H groups in total. The van der Waals surface area contributed by atoms with Crippen molar-refractivity contribution in [2.45, 2.75) is 25.5 Å². The number of piperidine rings is 1. The highest BCUT2D eigenvalue weighted by atomic mass is 32.1. The van der Waals surface area contributed by atoms with E-state index in [1.165, 1.54) is 10.4 Å². The van der Waals surface area contributed by atoms with E-state index in [9.17, 15) is 9.90 Å². The zero-order chi connectivity index (χ0) is 20.1. The predicted molar refractivity (Wildman–Crippen MR) is 115 cm³/mol. The Morgan fingerprint density at radius 3 is 2.38 bits per heavy atom. The van der Waals surface area contributed by atoms with Gasteiger partial charge >= 0.3 is 5.97 Å². The lowest BCUT2D eigenvalue weighted by Crippen LogP contribution is -2.39. The number of thiophene rings is 1. The average Bonchev–Trinajstić information content (AvgIpc) is 3.29. The van der Waals surface area contributed by atoms with Crippen molar-refractivity contribution in [3.63, 3.8) is 0 Å². The third-order valence-corrected chi connectivity index (χ3v) is 6.43. The fourth-order valence-corrected chi connectivity index (χ4v) is 4.78. The first-order chi connectivity index (χ1) is 14.2. The molecule has 0 radical (unpaired) electrons. The molecule has 2 aromatic carbocycles. The van der Waals surface area contributed by atoms with Crippen molar-refractivity contribution >= 4 is 17.3 Å². The molecule has 2 heterocycles. The predicted octanol–water partition coefficient (Wildman–Crippen LogP) is 5.21. The van der Waals surface area contributed by atoms with E-state index in [-0.39, 0.29) is 12.0 Å². The quantitative estimate of drug-likeness (QED) is 0.584. The largest absolute Gasteiger partial charge is 0.489 e. The summed E-state index contributed by atoms with van der Waals surface area (Å²) in [5, 5.41) is 11.4. The lowest BCUT2D eigenvalue weighted by atomic mass is 9.94. The molecule has 1 atom stereocenters. The zero-order valence-electron chi connectivity index (χ0n) is 16.2. The molecule has 1 aliphatic heterocycles. The van der Waals surface area contributed by atoms with Crippen LogP contribution in [0.3, 0.4) is 0 Å². The van der Waals surface area contributed by atoms with E-state index in [1.54, 1.807) is 11.3 Å². The number of carboxylic acid groups (broad SMARTS) is 1. The van der Waals surface area contributed by atoms with Gasteiger partial charge in [-0.15, -0.1) is 11.3 Å². The molecule has 0 aliphatic carbocycles. The molecular formula is C24H25NO3S. The summed E-state index contributed by atoms with van der Waals surface area (Å²) in [6.07, 6.45) is 1.41. The van der Waals surface area contributed by atoms with Gasteiger partial charge in [0.05, 0.1) is 12.0 Å². The van der Waals surface area contributed by atoms with Crippen molar-refractivity contribution in [1.29, 1.82) is 0 Å². The summed E-state index contributed by atoms with van der Waals surface area (Å²) in [6.45, 7) is 2.15. The van der Waals surface area contributed by atoms with Crippen LogP contribution in [0.5, 0.6) is 5.75 Å². The maximum absolute atomic E-state index is 11.3. The second-order valence-corrected chi connectivity index (χ2v) is 8.39. The maximum Gasteiger partial charge on any atom is 0.306 e. The Hall–Kier alpha value is -2.63. The van der Waals surface area contributed by atoms with Gasteiger partial charge in [-0.3, -0.25) is 9.69 Å². The van der Waals surface area contributed by atoms with Crippen molar-refractivity contribution < 1.29 is 14.6 Å². The summed E-state index contributed by atoms with van der Waals surface area (Å²) in [7, 11) is 0. The Morgan fingerprint density at radius 1 is 1.03 bits per heavy atom. The van der Waals surface area contributed by atoms with Crippen LogP contribution in [0.1, 0.15) is 34.9 Å². The molecule has 1 aliphatic rings. The van der Waals surface area contributed by atoms with E-state index < -0.39 is 5.97 Å². The van der Waals surface area contributed by atoms with Gasteiger partial charge in [-0.2, -0.15) is 0 Å². The van der Waals surface area contributed by atoms with Gasteiger partial charge in [-0.25, -0.2) is 0 Å². The van der Waals surface area contributed by atoms with Crippen LogP contribution in [-0.2, 0) is 11.4 Å². The van der Waals surface area contributed by atoms with Gasteiger partial charge in [0.2, 0.25) is 0 Å². The lowest BCUT2D eigenvalue weighted by Gasteiger charge is -2.36. The minimum atomic E-state index is -0.669. The zero-order valence-corrected chi connectivity index (χ0v) is 17.1. The molecule has 5 heteroatoms. The van der Waals surface area contributed by atoms with Gasteiger partial charge in [-0.1, -0.05) is 48.5 Å². The smallest absolute Gasteiger partial charge is 0.306 e. The Bertz CT molecular complexity index is 901. The minimum absolute atomic E-state index is 0.160. The van der Waals surface area contributed by atoms with Crippen LogP contribution in [0, 0.1) is 5.92 Å². The number of hydrogen-bond donors (Lipinski definition) is 1. The van der Waals surface area contributed by atoms with Crippen LogP contribution in [0.2, 0.25) is 0 Å². The standard InChI is InChI=1S/C24H25NO3S/c26-24(27)20-12-14-25(15-13-20)23(22-7-4-16-29-22)19-8-10-21(11-9-19)28-17-18-5-2-1-3-6-18/h1-11,16,20,23H,12-15,17H2,(H,26,27). The second kappa shape index (κ2) is 9.25. The third kappa shape index (κ3) is 4.86. The van der Waals surface area contributed by atoms with E-state index in [2.05, 4.69) is 46.7 Å². The number of carboxylic acids is 1. The van der Waals surface area contributed by atoms with Gasteiger partial charge < -0.3 is 9.84 Å². The highest BCUT2D eigenvalue weighted by Gasteiger charge is 2.30. The van der Waals surface area contributed by atoms with Crippen LogP contribution < -0.4 is 4.74 Å². The minimum Gasteiger partial charge on any atom is -0.489 e. The molecule has 4 nitrogen and oxygen atoms in total. The summed E-state index contributed by atoms with van der Waals surface area (Å²) < 4.78 is 5.93. The number of aliphatic carboxylic acids is 1. The Morgan fingerprint density at radius 2 is 1.76 bits per heavy atom. The van der Waals surface area contributed by atoms with E-state index in [0.717, 1.165) is 24.4 Å². The van der Waals surface area contributed by atoms with Crippen LogP contribution in [0.15, 0.2) is 72.1 Å². The average molecular weight is 408 g/mol. The van der Waals surface area contributed by atoms with E-state index in [4.69, 9.17) is 4.74 Å². The summed E-state index contributed by atoms with van der Waals surface area (Å²) in [6, 6.07) is 22.9. The topological polar surface area (TPSA) is 49.8 Å². The number of carbonyl (C=O) groups is 1. The lowest BCUT2D eigenvalue weighted by molar-refractivity contribution is -0.143. The highest BCUT2D eigenvalue weighted by Crippen LogP contribution is 2.35. The monoisotopic (exact) mass is 407 g/mol. The van der Waals surface area contributed by atoms with E-state index in [1.807, 2.05) is 30.3 Å². The number of hydrogen-bond acceptors (Lipinski definition) is 4. The van der Waals surface area contributed by atoms with E-state index >= 15 is 0 Å². The molecule has 1 saturated heterocycles. The van der Waals surface area contributed by atoms with Gasteiger partial charge in [0.15, 0.2) is 0 Å². The van der Waals surface area contributed by atoms with Crippen molar-refractivity contribution in [2.75, 3.05) is 13.1 Å². The van der Waals surface area contributed by atoms with Gasteiger partial charge in [0, 0.05) is 4.88 Å². The fourth-order valence-electron chi connectivity index (χ4n) is 3.89. The van der Waals surface area contributed by atoms with Crippen LogP contribution in [0.4, 0.5) is 0 Å². The molecule has 1 fully saturated rings. The first-order valence-corrected chi connectivity index (χ1v) is 10.9. The molecule has 0 spiro atoms. The van der Waals surface area contributed by atoms with Crippen molar-refractivity contribution in [3.05, 3.63) is 88.1 Å². The molecule has 0 bridgehead atoms. The van der Waals surface area contributed by atoms with Crippen LogP contribution >= 0.6 is 11.3 Å². The van der Waals surface area contributed by atoms with Gasteiger partial charge in [0.1, 0.15) is 12.4 Å². The second-order valence-electron chi connectivity index (χ2n) is 7.41. The van der Waals surface area contributed by atoms with E-state index in [0.29, 0.717) is 19.4 Å².